The van der Waals surface area contributed by atoms with Gasteiger partial charge < -0.3 is 19.3 Å². The van der Waals surface area contributed by atoms with E-state index in [1.807, 2.05) is 0 Å². The lowest BCUT2D eigenvalue weighted by molar-refractivity contribution is 0.0686. The Morgan fingerprint density at radius 3 is 2.27 bits per heavy atom. The third-order valence-electron chi connectivity index (χ3n) is 3.40. The summed E-state index contributed by atoms with van der Waals surface area (Å²) in [6.45, 7) is 1.75. The molecular weight excluding hydrogens is 288 g/mol. The number of hydrogen-bond acceptors (Lipinski definition) is 5. The lowest BCUT2D eigenvalue weighted by Crippen LogP contribution is -2.07. The van der Waals surface area contributed by atoms with E-state index in [1.165, 1.54) is 26.0 Å². The fourth-order valence-electron chi connectivity index (χ4n) is 2.52. The molecule has 1 N–H and O–H groups in total. The Balaban J connectivity index is 2.82. The molecule has 0 aliphatic heterocycles. The number of carbonyl (C=O) groups is 1. The Morgan fingerprint density at radius 2 is 1.77 bits per heavy atom. The summed E-state index contributed by atoms with van der Waals surface area (Å²) < 4.78 is 17.3. The standard InChI is InChI=1S/C15H18N2O5/c1-8-11(12(15(18)19)17(2)16-8)9-6-7-10(20-3)14(22-5)13(9)21-4/h6-7H,1-5H3,(H,18,19). The first-order chi connectivity index (χ1) is 10.5. The van der Waals surface area contributed by atoms with Crippen molar-refractivity contribution < 1.29 is 24.1 Å². The van der Waals surface area contributed by atoms with E-state index in [4.69, 9.17) is 14.2 Å². The average Bonchev–Trinajstić information content (AvgIpc) is 2.79. The zero-order chi connectivity index (χ0) is 16.4. The Labute approximate surface area is 128 Å². The van der Waals surface area contributed by atoms with Gasteiger partial charge in [0.25, 0.3) is 0 Å². The van der Waals surface area contributed by atoms with Gasteiger partial charge in [-0.2, -0.15) is 5.10 Å². The van der Waals surface area contributed by atoms with Crippen LogP contribution in [-0.2, 0) is 7.05 Å². The maximum atomic E-state index is 11.5. The van der Waals surface area contributed by atoms with Gasteiger partial charge in [0.15, 0.2) is 17.2 Å². The third-order valence-corrected chi connectivity index (χ3v) is 3.40. The van der Waals surface area contributed by atoms with Crippen LogP contribution in [0.1, 0.15) is 16.2 Å². The zero-order valence-corrected chi connectivity index (χ0v) is 13.1. The molecule has 0 saturated carbocycles. The van der Waals surface area contributed by atoms with Crippen molar-refractivity contribution in [1.29, 1.82) is 0 Å². The van der Waals surface area contributed by atoms with E-state index in [0.717, 1.165) is 0 Å². The van der Waals surface area contributed by atoms with E-state index >= 15 is 0 Å². The molecule has 2 rings (SSSR count). The van der Waals surface area contributed by atoms with Crippen molar-refractivity contribution in [2.24, 2.45) is 7.05 Å². The van der Waals surface area contributed by atoms with Gasteiger partial charge in [-0.3, -0.25) is 4.68 Å². The Morgan fingerprint density at radius 1 is 1.14 bits per heavy atom. The summed E-state index contributed by atoms with van der Waals surface area (Å²) in [6, 6.07) is 3.44. The van der Waals surface area contributed by atoms with Crippen molar-refractivity contribution in [1.82, 2.24) is 9.78 Å². The number of ether oxygens (including phenoxy) is 3. The van der Waals surface area contributed by atoms with Crippen LogP contribution in [0.15, 0.2) is 12.1 Å². The molecule has 1 aromatic carbocycles. The van der Waals surface area contributed by atoms with Crippen LogP contribution in [0.25, 0.3) is 11.1 Å². The van der Waals surface area contributed by atoms with Gasteiger partial charge in [-0.1, -0.05) is 0 Å². The number of aryl methyl sites for hydroxylation is 2. The van der Waals surface area contributed by atoms with Gasteiger partial charge in [0.05, 0.1) is 27.0 Å². The quantitative estimate of drug-likeness (QED) is 0.911. The Kier molecular flexibility index (Phi) is 4.25. The fourth-order valence-corrected chi connectivity index (χ4v) is 2.52. The lowest BCUT2D eigenvalue weighted by atomic mass is 10.0. The molecular formula is C15H18N2O5. The second-order valence-electron chi connectivity index (χ2n) is 4.62. The van der Waals surface area contributed by atoms with Crippen LogP contribution in [0.4, 0.5) is 0 Å². The predicted octanol–water partition coefficient (Wildman–Crippen LogP) is 2.12. The number of aromatic carboxylic acids is 1. The summed E-state index contributed by atoms with van der Waals surface area (Å²) >= 11 is 0. The van der Waals surface area contributed by atoms with Gasteiger partial charge in [-0.05, 0) is 19.1 Å². The largest absolute Gasteiger partial charge is 0.493 e. The van der Waals surface area contributed by atoms with Gasteiger partial charge in [-0.25, -0.2) is 4.79 Å². The average molecular weight is 306 g/mol. The molecule has 1 aromatic heterocycles. The van der Waals surface area contributed by atoms with Gasteiger partial charge in [0.1, 0.15) is 0 Å². The molecule has 0 bridgehead atoms. The first-order valence-electron chi connectivity index (χ1n) is 6.52. The molecule has 1 heterocycles. The molecule has 0 amide bonds. The van der Waals surface area contributed by atoms with E-state index in [9.17, 15) is 9.90 Å². The predicted molar refractivity (Wildman–Crippen MR) is 80.0 cm³/mol. The molecule has 0 saturated heterocycles. The summed E-state index contributed by atoms with van der Waals surface area (Å²) in [6.07, 6.45) is 0. The summed E-state index contributed by atoms with van der Waals surface area (Å²) in [5, 5.41) is 13.6. The highest BCUT2D eigenvalue weighted by Crippen LogP contribution is 2.45. The van der Waals surface area contributed by atoms with Crippen molar-refractivity contribution >= 4 is 5.97 Å². The second kappa shape index (κ2) is 5.97. The molecule has 0 radical (unpaired) electrons. The van der Waals surface area contributed by atoms with Crippen molar-refractivity contribution in [3.8, 4) is 28.4 Å². The first kappa shape index (κ1) is 15.7. The third kappa shape index (κ3) is 2.34. The molecule has 118 valence electrons. The van der Waals surface area contributed by atoms with Crippen LogP contribution in [0.5, 0.6) is 17.2 Å². The highest BCUT2D eigenvalue weighted by atomic mass is 16.5. The Hall–Kier alpha value is -2.70. The molecule has 22 heavy (non-hydrogen) atoms. The summed E-state index contributed by atoms with van der Waals surface area (Å²) in [7, 11) is 6.10. The van der Waals surface area contributed by atoms with Crippen LogP contribution in [-0.4, -0.2) is 42.2 Å². The van der Waals surface area contributed by atoms with Crippen LogP contribution >= 0.6 is 0 Å². The smallest absolute Gasteiger partial charge is 0.354 e. The summed E-state index contributed by atoms with van der Waals surface area (Å²) in [5.74, 6) is 0.249. The maximum Gasteiger partial charge on any atom is 0.354 e. The molecule has 0 aliphatic carbocycles. The summed E-state index contributed by atoms with van der Waals surface area (Å²) in [5.41, 5.74) is 1.75. The van der Waals surface area contributed by atoms with Gasteiger partial charge in [0.2, 0.25) is 5.75 Å². The number of benzene rings is 1. The normalized spacial score (nSPS) is 10.4. The number of methoxy groups -OCH3 is 3. The number of carboxylic acids is 1. The lowest BCUT2D eigenvalue weighted by Gasteiger charge is -2.16. The number of carboxylic acid groups (broad SMARTS) is 1. The van der Waals surface area contributed by atoms with E-state index in [1.54, 1.807) is 26.1 Å². The molecule has 0 atom stereocenters. The van der Waals surface area contributed by atoms with E-state index in [2.05, 4.69) is 5.10 Å². The number of hydrogen-bond donors (Lipinski definition) is 1. The topological polar surface area (TPSA) is 82.8 Å². The molecule has 0 fully saturated rings. The Bertz CT molecular complexity index is 721. The van der Waals surface area contributed by atoms with Crippen molar-refractivity contribution in [2.45, 2.75) is 6.92 Å². The minimum atomic E-state index is -1.06. The highest BCUT2D eigenvalue weighted by Gasteiger charge is 2.26. The molecule has 0 aliphatic rings. The van der Waals surface area contributed by atoms with Crippen molar-refractivity contribution in [2.75, 3.05) is 21.3 Å². The van der Waals surface area contributed by atoms with E-state index in [0.29, 0.717) is 34.1 Å². The van der Waals surface area contributed by atoms with Crippen LogP contribution < -0.4 is 14.2 Å². The monoisotopic (exact) mass is 306 g/mol. The second-order valence-corrected chi connectivity index (χ2v) is 4.62. The van der Waals surface area contributed by atoms with Gasteiger partial charge in [0, 0.05) is 18.2 Å². The first-order valence-corrected chi connectivity index (χ1v) is 6.52. The SMILES string of the molecule is COc1ccc(-c2c(C)nn(C)c2C(=O)O)c(OC)c1OC. The van der Waals surface area contributed by atoms with Crippen LogP contribution in [0.2, 0.25) is 0 Å². The number of aromatic nitrogens is 2. The maximum absolute atomic E-state index is 11.5. The molecule has 0 spiro atoms. The van der Waals surface area contributed by atoms with E-state index in [-0.39, 0.29) is 5.69 Å². The molecule has 0 unspecified atom stereocenters. The number of nitrogens with zero attached hydrogens (tertiary/aromatic N) is 2. The summed E-state index contributed by atoms with van der Waals surface area (Å²) in [4.78, 5) is 11.5. The number of rotatable bonds is 5. The van der Waals surface area contributed by atoms with Gasteiger partial charge >= 0.3 is 5.97 Å². The molecule has 2 aromatic rings. The van der Waals surface area contributed by atoms with E-state index < -0.39 is 5.97 Å². The molecule has 7 nitrogen and oxygen atoms in total. The van der Waals surface area contributed by atoms with Crippen molar-refractivity contribution in [3.05, 3.63) is 23.5 Å². The zero-order valence-electron chi connectivity index (χ0n) is 13.1. The highest BCUT2D eigenvalue weighted by molar-refractivity contribution is 5.96. The van der Waals surface area contributed by atoms with Crippen LogP contribution in [0, 0.1) is 6.92 Å². The minimum absolute atomic E-state index is 0.0861. The van der Waals surface area contributed by atoms with Crippen LogP contribution in [0.3, 0.4) is 0 Å². The van der Waals surface area contributed by atoms with Crippen molar-refractivity contribution in [3.63, 3.8) is 0 Å². The molecule has 7 heteroatoms. The minimum Gasteiger partial charge on any atom is -0.493 e. The van der Waals surface area contributed by atoms with Gasteiger partial charge in [-0.15, -0.1) is 0 Å². The fraction of sp³-hybridized carbons (Fsp3) is 0.333.